The zero-order valence-electron chi connectivity index (χ0n) is 28.3. The number of H-pyrrole nitrogens is 1. The van der Waals surface area contributed by atoms with Crippen molar-refractivity contribution in [2.45, 2.75) is 101 Å². The van der Waals surface area contributed by atoms with Crippen molar-refractivity contribution in [3.63, 3.8) is 0 Å². The summed E-state index contributed by atoms with van der Waals surface area (Å²) in [5, 5.41) is 14.6. The fraction of sp³-hybridized carbons (Fsp3) is 0.579. The second-order valence-electron chi connectivity index (χ2n) is 14.4. The topological polar surface area (TPSA) is 121 Å². The van der Waals surface area contributed by atoms with Crippen LogP contribution in [-0.2, 0) is 34.3 Å². The van der Waals surface area contributed by atoms with E-state index in [2.05, 4.69) is 10.3 Å². The van der Waals surface area contributed by atoms with Crippen molar-refractivity contribution in [3.8, 4) is 5.75 Å². The quantitative estimate of drug-likeness (QED) is 0.149. The first-order chi connectivity index (χ1) is 23.6. The van der Waals surface area contributed by atoms with E-state index in [1.165, 1.54) is 6.07 Å². The number of methoxy groups -OCH3 is 1. The number of fused-ring (bicyclic) bond motifs is 4. The number of Topliss-reactive ketones (excluding diaryl/α,β-unsaturated/α-hetero) is 1. The van der Waals surface area contributed by atoms with Crippen LogP contribution in [0.1, 0.15) is 105 Å². The van der Waals surface area contributed by atoms with Crippen molar-refractivity contribution in [2.24, 2.45) is 17.6 Å². The highest BCUT2D eigenvalue weighted by atomic mass is 19.4. The first-order valence-electron chi connectivity index (χ1n) is 17.8. The maximum absolute atomic E-state index is 14.6. The van der Waals surface area contributed by atoms with Crippen LogP contribution in [0.4, 0.5) is 13.2 Å². The molecule has 1 unspecified atom stereocenters. The SMILES string of the molecule is COc1ccc2c3c([nH]c2c1)C(CO)N(Cc1ccc(CNC(=O)CCCCCN)cc1C(F)(F)F)CC31CCC(C(=O)C2CCC2)CC1. The van der Waals surface area contributed by atoms with Gasteiger partial charge in [-0.05, 0) is 92.8 Å². The molecule has 3 aliphatic rings. The number of nitrogens with two attached hydrogens (primary N) is 1. The van der Waals surface area contributed by atoms with Crippen molar-refractivity contribution >= 4 is 22.6 Å². The number of amides is 1. The van der Waals surface area contributed by atoms with E-state index in [0.29, 0.717) is 43.0 Å². The maximum Gasteiger partial charge on any atom is 0.416 e. The lowest BCUT2D eigenvalue weighted by molar-refractivity contribution is -0.138. The van der Waals surface area contributed by atoms with Gasteiger partial charge in [-0.1, -0.05) is 25.0 Å². The van der Waals surface area contributed by atoms with Crippen molar-refractivity contribution in [1.29, 1.82) is 0 Å². The number of ether oxygens (including phenoxy) is 1. The van der Waals surface area contributed by atoms with Gasteiger partial charge in [0.25, 0.3) is 0 Å². The monoisotopic (exact) mass is 682 g/mol. The molecule has 0 bridgehead atoms. The Kier molecular flexibility index (Phi) is 10.7. The number of unbranched alkanes of at least 4 members (excludes halogenated alkanes) is 2. The Morgan fingerprint density at radius 2 is 1.82 bits per heavy atom. The Bertz CT molecular complexity index is 1640. The molecular formula is C38H49F3N4O4. The molecule has 2 fully saturated rings. The molecule has 1 spiro atoms. The molecule has 1 amide bonds. The predicted octanol–water partition coefficient (Wildman–Crippen LogP) is 6.68. The molecule has 2 aromatic carbocycles. The minimum absolute atomic E-state index is 0.00774. The Balaban J connectivity index is 1.29. The molecule has 5 N–H and O–H groups in total. The lowest BCUT2D eigenvalue weighted by Gasteiger charge is -2.50. The number of rotatable bonds is 13. The van der Waals surface area contributed by atoms with E-state index in [9.17, 15) is 27.9 Å². The van der Waals surface area contributed by atoms with Crippen molar-refractivity contribution in [1.82, 2.24) is 15.2 Å². The average Bonchev–Trinajstić information content (AvgIpc) is 3.45. The smallest absolute Gasteiger partial charge is 0.416 e. The molecule has 1 atom stereocenters. The number of ketones is 1. The summed E-state index contributed by atoms with van der Waals surface area (Å²) in [5.41, 5.74) is 7.66. The van der Waals surface area contributed by atoms with Crippen LogP contribution in [0.3, 0.4) is 0 Å². The van der Waals surface area contributed by atoms with Crippen LogP contribution >= 0.6 is 0 Å². The number of hydrogen-bond donors (Lipinski definition) is 4. The number of alkyl halides is 3. The minimum atomic E-state index is -4.61. The third-order valence-electron chi connectivity index (χ3n) is 11.3. The number of nitrogens with one attached hydrogen (secondary N) is 2. The van der Waals surface area contributed by atoms with E-state index < -0.39 is 23.2 Å². The van der Waals surface area contributed by atoms with Crippen LogP contribution in [0, 0.1) is 11.8 Å². The molecule has 0 radical (unpaired) electrons. The normalized spacial score (nSPS) is 23.0. The second kappa shape index (κ2) is 14.8. The average molecular weight is 683 g/mol. The highest BCUT2D eigenvalue weighted by molar-refractivity contribution is 5.88. The number of benzene rings is 2. The molecule has 2 aliphatic carbocycles. The zero-order chi connectivity index (χ0) is 34.8. The lowest BCUT2D eigenvalue weighted by atomic mass is 9.61. The Hall–Kier alpha value is -3.41. The van der Waals surface area contributed by atoms with Crippen LogP contribution in [0.15, 0.2) is 36.4 Å². The van der Waals surface area contributed by atoms with Crippen LogP contribution < -0.4 is 15.8 Å². The van der Waals surface area contributed by atoms with E-state index in [0.717, 1.165) is 86.0 Å². The molecular weight excluding hydrogens is 633 g/mol. The first-order valence-corrected chi connectivity index (χ1v) is 17.8. The maximum atomic E-state index is 14.6. The molecule has 2 heterocycles. The molecule has 49 heavy (non-hydrogen) atoms. The summed E-state index contributed by atoms with van der Waals surface area (Å²) in [7, 11) is 1.60. The van der Waals surface area contributed by atoms with Gasteiger partial charge in [-0.3, -0.25) is 14.5 Å². The fourth-order valence-electron chi connectivity index (χ4n) is 8.42. The number of aliphatic hydroxyl groups excluding tert-OH is 1. The van der Waals surface area contributed by atoms with E-state index in [1.54, 1.807) is 13.2 Å². The molecule has 1 aromatic heterocycles. The van der Waals surface area contributed by atoms with Gasteiger partial charge in [0.1, 0.15) is 11.5 Å². The van der Waals surface area contributed by atoms with E-state index in [4.69, 9.17) is 10.5 Å². The molecule has 8 nitrogen and oxygen atoms in total. The largest absolute Gasteiger partial charge is 0.497 e. The van der Waals surface area contributed by atoms with Crippen LogP contribution in [0.25, 0.3) is 10.9 Å². The van der Waals surface area contributed by atoms with Gasteiger partial charge in [-0.2, -0.15) is 13.2 Å². The standard InChI is InChI=1S/C38H49F3N4O4/c1-49-28-11-12-29-31(19-28)44-35-32(22-46)45(23-37(34(29)35)15-13-26(14-16-37)36(48)25-6-5-7-25)21-27-10-9-24(18-30(27)38(39,40)41)20-43-33(47)8-3-2-4-17-42/h9-12,18-19,25-26,32,44,46H,2-8,13-17,20-23,42H2,1H3,(H,43,47). The van der Waals surface area contributed by atoms with Crippen LogP contribution in [0.5, 0.6) is 5.75 Å². The van der Waals surface area contributed by atoms with E-state index in [-0.39, 0.29) is 43.0 Å². The number of aliphatic hydroxyl groups is 1. The second-order valence-corrected chi connectivity index (χ2v) is 14.4. The molecule has 11 heteroatoms. The lowest BCUT2D eigenvalue weighted by Crippen LogP contribution is -2.50. The highest BCUT2D eigenvalue weighted by Gasteiger charge is 2.49. The molecule has 6 rings (SSSR count). The number of halogens is 3. The molecule has 2 saturated carbocycles. The third kappa shape index (κ3) is 7.39. The van der Waals surface area contributed by atoms with E-state index >= 15 is 0 Å². The first kappa shape index (κ1) is 35.4. The van der Waals surface area contributed by atoms with Crippen molar-refractivity contribution in [2.75, 3.05) is 26.8 Å². The summed E-state index contributed by atoms with van der Waals surface area (Å²) in [6.07, 6.45) is 4.08. The summed E-state index contributed by atoms with van der Waals surface area (Å²) in [4.78, 5) is 31.1. The molecule has 0 saturated heterocycles. The number of carbonyl (C=O) groups excluding carboxylic acids is 2. The highest BCUT2D eigenvalue weighted by Crippen LogP contribution is 2.53. The van der Waals surface area contributed by atoms with Gasteiger partial charge in [-0.15, -0.1) is 0 Å². The fourth-order valence-corrected chi connectivity index (χ4v) is 8.42. The van der Waals surface area contributed by atoms with Crippen LogP contribution in [0.2, 0.25) is 0 Å². The Labute approximate surface area is 285 Å². The van der Waals surface area contributed by atoms with Crippen molar-refractivity contribution in [3.05, 3.63) is 64.3 Å². The molecule has 3 aromatic rings. The number of hydrogen-bond acceptors (Lipinski definition) is 6. The summed E-state index contributed by atoms with van der Waals surface area (Å²) >= 11 is 0. The van der Waals surface area contributed by atoms with Gasteiger partial charge < -0.3 is 25.9 Å². The van der Waals surface area contributed by atoms with Gasteiger partial charge in [0.05, 0.1) is 25.3 Å². The van der Waals surface area contributed by atoms with Crippen molar-refractivity contribution < 1.29 is 32.6 Å². The summed E-state index contributed by atoms with van der Waals surface area (Å²) in [6.45, 7) is 0.748. The van der Waals surface area contributed by atoms with Gasteiger partial charge >= 0.3 is 6.18 Å². The number of aromatic amines is 1. The third-order valence-corrected chi connectivity index (χ3v) is 11.3. The summed E-state index contributed by atoms with van der Waals surface area (Å²) in [6, 6.07) is 9.60. The van der Waals surface area contributed by atoms with Gasteiger partial charge in [0.15, 0.2) is 0 Å². The van der Waals surface area contributed by atoms with Gasteiger partial charge in [0, 0.05) is 66.0 Å². The Morgan fingerprint density at radius 3 is 2.47 bits per heavy atom. The number of carbonyl (C=O) groups is 2. The molecule has 266 valence electrons. The summed E-state index contributed by atoms with van der Waals surface area (Å²) < 4.78 is 49.3. The summed E-state index contributed by atoms with van der Waals surface area (Å²) in [5.74, 6) is 1.06. The van der Waals surface area contributed by atoms with Gasteiger partial charge in [-0.25, -0.2) is 0 Å². The molecule has 1 aliphatic heterocycles. The number of aromatic nitrogens is 1. The Morgan fingerprint density at radius 1 is 1.06 bits per heavy atom. The van der Waals surface area contributed by atoms with Gasteiger partial charge in [0.2, 0.25) is 5.91 Å². The van der Waals surface area contributed by atoms with Crippen LogP contribution in [-0.4, -0.2) is 53.5 Å². The number of nitrogens with zero attached hydrogens (tertiary/aromatic N) is 1. The van der Waals surface area contributed by atoms with E-state index in [1.807, 2.05) is 23.1 Å². The zero-order valence-corrected chi connectivity index (χ0v) is 28.3. The predicted molar refractivity (Wildman–Crippen MR) is 182 cm³/mol. The minimum Gasteiger partial charge on any atom is -0.497 e.